The van der Waals surface area contributed by atoms with Crippen LogP contribution in [0.2, 0.25) is 0 Å². The zero-order valence-electron chi connectivity index (χ0n) is 19.4. The van der Waals surface area contributed by atoms with Crippen molar-refractivity contribution in [2.24, 2.45) is 5.16 Å². The number of amides is 2. The van der Waals surface area contributed by atoms with Crippen LogP contribution in [0.5, 0.6) is 0 Å². The average molecular weight is 555 g/mol. The van der Waals surface area contributed by atoms with Crippen molar-refractivity contribution in [1.29, 1.82) is 0 Å². The van der Waals surface area contributed by atoms with Crippen molar-refractivity contribution in [3.05, 3.63) is 22.3 Å². The predicted octanol–water partition coefficient (Wildman–Crippen LogP) is -1.03. The number of aromatic nitrogens is 6. The molecule has 0 aromatic carbocycles. The highest BCUT2D eigenvalue weighted by molar-refractivity contribution is 8.01. The topological polar surface area (TPSA) is 181 Å². The second-order valence-corrected chi connectivity index (χ2v) is 10.5. The van der Waals surface area contributed by atoms with Crippen molar-refractivity contribution >= 4 is 58.6 Å². The number of hydrogen-bond donors (Lipinski definition) is 2. The number of carboxylic acid groups (broad SMARTS) is 1. The summed E-state index contributed by atoms with van der Waals surface area (Å²) in [7, 11) is 5.17. The van der Waals surface area contributed by atoms with Gasteiger partial charge in [0.1, 0.15) is 29.9 Å². The summed E-state index contributed by atoms with van der Waals surface area (Å²) in [6, 6.07) is -0.918. The number of carboxylic acids is 1. The van der Waals surface area contributed by atoms with Crippen LogP contribution in [0.4, 0.5) is 0 Å². The summed E-state index contributed by atoms with van der Waals surface area (Å²) in [6.07, 6.45) is 0. The molecule has 15 nitrogen and oxygen atoms in total. The Morgan fingerprint density at radius 2 is 2.19 bits per heavy atom. The number of rotatable bonds is 11. The van der Waals surface area contributed by atoms with Gasteiger partial charge in [-0.15, -0.1) is 22.0 Å². The molecule has 2 amide bonds. The van der Waals surface area contributed by atoms with Gasteiger partial charge in [-0.05, 0) is 41.6 Å². The van der Waals surface area contributed by atoms with Crippen LogP contribution in [0.1, 0.15) is 5.69 Å². The summed E-state index contributed by atoms with van der Waals surface area (Å²) < 4.78 is 5.36. The summed E-state index contributed by atoms with van der Waals surface area (Å²) in [5.74, 6) is -1.74. The van der Waals surface area contributed by atoms with Crippen molar-refractivity contribution in [3.63, 3.8) is 0 Å². The molecule has 36 heavy (non-hydrogen) atoms. The second kappa shape index (κ2) is 11.3. The van der Waals surface area contributed by atoms with Crippen molar-refractivity contribution in [1.82, 2.24) is 44.9 Å². The molecule has 0 bridgehead atoms. The van der Waals surface area contributed by atoms with Gasteiger partial charge in [0.05, 0.1) is 6.54 Å². The van der Waals surface area contributed by atoms with Crippen LogP contribution in [0.25, 0.3) is 0 Å². The lowest BCUT2D eigenvalue weighted by Crippen LogP contribution is -2.71. The minimum atomic E-state index is -1.21. The molecule has 0 aliphatic carbocycles. The number of fused-ring (bicyclic) bond motifs is 1. The minimum Gasteiger partial charge on any atom is -0.477 e. The fraction of sp³-hybridized carbons (Fsp3) is 0.500. The van der Waals surface area contributed by atoms with Crippen molar-refractivity contribution in [3.8, 4) is 0 Å². The van der Waals surface area contributed by atoms with E-state index in [4.69, 9.17) is 4.84 Å². The lowest BCUT2D eigenvalue weighted by molar-refractivity contribution is -0.150. The molecule has 0 spiro atoms. The number of carbonyl (C=O) groups excluding carboxylic acids is 2. The first-order valence-corrected chi connectivity index (χ1v) is 13.3. The number of nitrogens with zero attached hydrogens (tertiary/aromatic N) is 9. The van der Waals surface area contributed by atoms with E-state index in [1.807, 2.05) is 19.0 Å². The standard InChI is InChI=1S/C18H22N10O5S3/c1-26(2)4-5-27-18(21-23-24-27)35-7-9-6-34-16-12(15(30)28(16)13(9)17(31)32)19-14(29)11(22-33-3)10-8-36-25-20-10/h8,12,16H,4-7H2,1-3H3,(H,19,29)(H,31,32)/t12?,16-/m0/s1. The fourth-order valence-electron chi connectivity index (χ4n) is 3.45. The normalized spacial score (nSPS) is 19.8. The van der Waals surface area contributed by atoms with Crippen LogP contribution < -0.4 is 5.32 Å². The molecule has 192 valence electrons. The molecule has 4 heterocycles. The van der Waals surface area contributed by atoms with E-state index >= 15 is 0 Å². The number of nitrogens with one attached hydrogen (secondary N) is 1. The first-order chi connectivity index (χ1) is 17.3. The van der Waals surface area contributed by atoms with Gasteiger partial charge in [0.25, 0.3) is 11.8 Å². The van der Waals surface area contributed by atoms with Crippen LogP contribution in [0.15, 0.2) is 27.0 Å². The molecule has 18 heteroatoms. The number of carbonyl (C=O) groups is 3. The van der Waals surface area contributed by atoms with Gasteiger partial charge in [0.2, 0.25) is 5.16 Å². The monoisotopic (exact) mass is 554 g/mol. The Morgan fingerprint density at radius 1 is 1.39 bits per heavy atom. The van der Waals surface area contributed by atoms with Gasteiger partial charge in [-0.3, -0.25) is 14.5 Å². The van der Waals surface area contributed by atoms with E-state index in [-0.39, 0.29) is 17.1 Å². The summed E-state index contributed by atoms with van der Waals surface area (Å²) in [6.45, 7) is 1.33. The van der Waals surface area contributed by atoms with E-state index in [9.17, 15) is 19.5 Å². The van der Waals surface area contributed by atoms with Crippen molar-refractivity contribution in [2.45, 2.75) is 23.1 Å². The Hall–Kier alpha value is -3.09. The summed E-state index contributed by atoms with van der Waals surface area (Å²) in [5.41, 5.74) is 0.571. The molecule has 1 saturated heterocycles. The summed E-state index contributed by atoms with van der Waals surface area (Å²) in [5, 5.41) is 33.2. The zero-order chi connectivity index (χ0) is 25.8. The SMILES string of the molecule is CON=C(C(=O)NC1C(=O)N2C(C(=O)O)=C(CSc3nnnn3CCN(C)C)CS[C@@H]12)c1csnn1. The summed E-state index contributed by atoms with van der Waals surface area (Å²) >= 11 is 3.71. The maximum Gasteiger partial charge on any atom is 0.352 e. The average Bonchev–Trinajstić information content (AvgIpc) is 3.54. The minimum absolute atomic E-state index is 0.0800. The third-order valence-corrected chi connectivity index (χ3v) is 8.06. The van der Waals surface area contributed by atoms with Crippen LogP contribution >= 0.6 is 35.1 Å². The Labute approximate surface area is 217 Å². The highest BCUT2D eigenvalue weighted by Crippen LogP contribution is 2.41. The van der Waals surface area contributed by atoms with E-state index in [2.05, 4.69) is 35.6 Å². The number of oxime groups is 1. The molecular weight excluding hydrogens is 532 g/mol. The van der Waals surface area contributed by atoms with Gasteiger partial charge in [-0.2, -0.15) is 0 Å². The molecule has 0 radical (unpaired) electrons. The Morgan fingerprint density at radius 3 is 2.86 bits per heavy atom. The molecule has 1 unspecified atom stereocenters. The van der Waals surface area contributed by atoms with Crippen molar-refractivity contribution < 1.29 is 24.3 Å². The first-order valence-electron chi connectivity index (χ1n) is 10.4. The van der Waals surface area contributed by atoms with Gasteiger partial charge in [0.15, 0.2) is 5.71 Å². The molecule has 2 aromatic heterocycles. The fourth-order valence-corrected chi connectivity index (χ4v) is 6.28. The van der Waals surface area contributed by atoms with Gasteiger partial charge in [-0.25, -0.2) is 9.48 Å². The quantitative estimate of drug-likeness (QED) is 0.149. The molecule has 4 rings (SSSR count). The smallest absolute Gasteiger partial charge is 0.352 e. The van der Waals surface area contributed by atoms with Gasteiger partial charge >= 0.3 is 5.97 Å². The summed E-state index contributed by atoms with van der Waals surface area (Å²) in [4.78, 5) is 45.8. The van der Waals surface area contributed by atoms with Gasteiger partial charge in [0, 0.05) is 23.4 Å². The third kappa shape index (κ3) is 5.35. The third-order valence-electron chi connectivity index (χ3n) is 5.17. The molecule has 2 N–H and O–H groups in total. The lowest BCUT2D eigenvalue weighted by atomic mass is 10.0. The molecule has 2 aliphatic heterocycles. The lowest BCUT2D eigenvalue weighted by Gasteiger charge is -2.49. The number of likely N-dealkylation sites (N-methyl/N-ethyl adjacent to an activating group) is 1. The van der Waals surface area contributed by atoms with E-state index in [0.29, 0.717) is 28.8 Å². The van der Waals surface area contributed by atoms with E-state index in [1.54, 1.807) is 4.68 Å². The second-order valence-electron chi connectivity index (χ2n) is 7.81. The number of aliphatic carboxylic acids is 1. The van der Waals surface area contributed by atoms with Gasteiger partial charge in [-0.1, -0.05) is 21.4 Å². The van der Waals surface area contributed by atoms with Crippen LogP contribution in [0, 0.1) is 0 Å². The number of hydrogen-bond acceptors (Lipinski definition) is 14. The van der Waals surface area contributed by atoms with Crippen molar-refractivity contribution in [2.75, 3.05) is 39.3 Å². The predicted molar refractivity (Wildman–Crippen MR) is 130 cm³/mol. The Kier molecular flexibility index (Phi) is 8.17. The van der Waals surface area contributed by atoms with Crippen LogP contribution in [-0.4, -0.2) is 119 Å². The first kappa shape index (κ1) is 26.0. The molecule has 2 atom stereocenters. The maximum absolute atomic E-state index is 13.0. The van der Waals surface area contributed by atoms with Crippen LogP contribution in [-0.2, 0) is 25.8 Å². The number of thioether (sulfide) groups is 2. The van der Waals surface area contributed by atoms with Gasteiger partial charge < -0.3 is 20.2 Å². The Balaban J connectivity index is 1.45. The largest absolute Gasteiger partial charge is 0.477 e. The van der Waals surface area contributed by atoms with E-state index in [1.165, 1.54) is 40.9 Å². The highest BCUT2D eigenvalue weighted by Gasteiger charge is 2.54. The Bertz CT molecular complexity index is 1200. The molecule has 2 aromatic rings. The van der Waals surface area contributed by atoms with E-state index < -0.39 is 29.2 Å². The molecular formula is C18H22N10O5S3. The number of β-lactam (4-membered cyclic amide) rings is 1. The maximum atomic E-state index is 13.0. The van der Waals surface area contributed by atoms with Crippen LogP contribution in [0.3, 0.4) is 0 Å². The zero-order valence-corrected chi connectivity index (χ0v) is 21.8. The van der Waals surface area contributed by atoms with E-state index in [0.717, 1.165) is 18.1 Å². The molecule has 1 fully saturated rings. The highest BCUT2D eigenvalue weighted by atomic mass is 32.2. The number of tetrazole rings is 1. The molecule has 2 aliphatic rings. The molecule has 0 saturated carbocycles.